The molecule has 1 atom stereocenters. The van der Waals surface area contributed by atoms with Gasteiger partial charge in [0.05, 0.1) is 17.5 Å². The van der Waals surface area contributed by atoms with E-state index in [0.29, 0.717) is 6.61 Å². The summed E-state index contributed by atoms with van der Waals surface area (Å²) in [6, 6.07) is 11.5. The molecule has 0 aromatic heterocycles. The van der Waals surface area contributed by atoms with Gasteiger partial charge in [-0.15, -0.1) is 0 Å². The number of ether oxygens (including phenoxy) is 1. The number of anilines is 1. The Morgan fingerprint density at radius 3 is 2.47 bits per heavy atom. The largest absolute Gasteiger partial charge is 0.377 e. The Morgan fingerprint density at radius 2 is 1.81 bits per heavy atom. The zero-order chi connectivity index (χ0) is 23.3. The summed E-state index contributed by atoms with van der Waals surface area (Å²) in [6.45, 7) is 4.46. The zero-order valence-corrected chi connectivity index (χ0v) is 19.4. The van der Waals surface area contributed by atoms with E-state index >= 15 is 0 Å². The van der Waals surface area contributed by atoms with Crippen molar-refractivity contribution in [1.29, 1.82) is 0 Å². The van der Waals surface area contributed by atoms with Gasteiger partial charge in [0, 0.05) is 31.5 Å². The van der Waals surface area contributed by atoms with Gasteiger partial charge in [0.15, 0.2) is 0 Å². The number of nitrogens with one attached hydrogen (secondary N) is 2. The van der Waals surface area contributed by atoms with Crippen molar-refractivity contribution in [3.05, 3.63) is 59.2 Å². The number of rotatable bonds is 8. The van der Waals surface area contributed by atoms with Gasteiger partial charge in [-0.3, -0.25) is 9.59 Å². The van der Waals surface area contributed by atoms with E-state index in [2.05, 4.69) is 10.0 Å². The quantitative estimate of drug-likeness (QED) is 0.631. The number of amides is 2. The van der Waals surface area contributed by atoms with Crippen LogP contribution in [-0.2, 0) is 19.6 Å². The van der Waals surface area contributed by atoms with Crippen molar-refractivity contribution < 1.29 is 22.7 Å². The van der Waals surface area contributed by atoms with Crippen LogP contribution in [0.1, 0.15) is 34.3 Å². The maximum absolute atomic E-state index is 12.8. The van der Waals surface area contributed by atoms with Crippen LogP contribution >= 0.6 is 0 Å². The molecule has 0 aliphatic carbocycles. The minimum absolute atomic E-state index is 0.00488. The molecule has 32 heavy (non-hydrogen) atoms. The third-order valence-corrected chi connectivity index (χ3v) is 6.81. The standard InChI is InChI=1S/C23H29N3O5S/c1-16-7-4-8-17(2)22(16)25-21(27)15-26(3)23(28)18-9-5-11-20(13-18)32(29,30)24-14-19-10-6-12-31-19/h4-5,7-9,11,13,19,24H,6,10,12,14-15H2,1-3H3,(H,25,27). The summed E-state index contributed by atoms with van der Waals surface area (Å²) in [7, 11) is -2.28. The molecule has 2 aromatic carbocycles. The van der Waals surface area contributed by atoms with Gasteiger partial charge in [0.1, 0.15) is 0 Å². The third kappa shape index (κ3) is 5.93. The molecule has 172 valence electrons. The number of hydrogen-bond acceptors (Lipinski definition) is 5. The normalized spacial score (nSPS) is 16.0. The van der Waals surface area contributed by atoms with Gasteiger partial charge >= 0.3 is 0 Å². The Morgan fingerprint density at radius 1 is 1.12 bits per heavy atom. The Balaban J connectivity index is 1.64. The van der Waals surface area contributed by atoms with Crippen LogP contribution in [0, 0.1) is 13.8 Å². The number of aryl methyl sites for hydroxylation is 2. The first-order chi connectivity index (χ1) is 15.2. The molecule has 1 aliphatic rings. The van der Waals surface area contributed by atoms with E-state index in [1.807, 2.05) is 32.0 Å². The van der Waals surface area contributed by atoms with E-state index < -0.39 is 15.9 Å². The lowest BCUT2D eigenvalue weighted by Crippen LogP contribution is -2.35. The summed E-state index contributed by atoms with van der Waals surface area (Å²) >= 11 is 0. The monoisotopic (exact) mass is 459 g/mol. The number of carbonyl (C=O) groups is 2. The lowest BCUT2D eigenvalue weighted by molar-refractivity contribution is -0.116. The Bertz CT molecular complexity index is 1070. The van der Waals surface area contributed by atoms with E-state index in [-0.39, 0.29) is 35.6 Å². The maximum atomic E-state index is 12.8. The molecule has 1 saturated heterocycles. The van der Waals surface area contributed by atoms with Crippen molar-refractivity contribution in [2.45, 2.75) is 37.7 Å². The van der Waals surface area contributed by atoms with Crippen molar-refractivity contribution in [2.24, 2.45) is 0 Å². The number of sulfonamides is 1. The average molecular weight is 460 g/mol. The highest BCUT2D eigenvalue weighted by atomic mass is 32.2. The van der Waals surface area contributed by atoms with Crippen molar-refractivity contribution in [3.63, 3.8) is 0 Å². The highest BCUT2D eigenvalue weighted by Gasteiger charge is 2.22. The molecule has 2 amide bonds. The number of benzene rings is 2. The van der Waals surface area contributed by atoms with E-state index in [9.17, 15) is 18.0 Å². The second kappa shape index (κ2) is 10.2. The molecule has 1 fully saturated rings. The van der Waals surface area contributed by atoms with Gasteiger partial charge in [0.25, 0.3) is 5.91 Å². The minimum Gasteiger partial charge on any atom is -0.377 e. The molecule has 0 spiro atoms. The van der Waals surface area contributed by atoms with Gasteiger partial charge in [-0.05, 0) is 56.0 Å². The van der Waals surface area contributed by atoms with Crippen molar-refractivity contribution >= 4 is 27.5 Å². The molecule has 2 aromatic rings. The molecule has 0 bridgehead atoms. The predicted octanol–water partition coefficient (Wildman–Crippen LogP) is 2.47. The summed E-state index contributed by atoms with van der Waals surface area (Å²) in [5.41, 5.74) is 2.78. The number of carbonyl (C=O) groups excluding carboxylic acids is 2. The van der Waals surface area contributed by atoms with Gasteiger partial charge in [-0.25, -0.2) is 13.1 Å². The molecule has 1 unspecified atom stereocenters. The summed E-state index contributed by atoms with van der Waals surface area (Å²) < 4.78 is 33.2. The third-order valence-electron chi connectivity index (χ3n) is 5.39. The Hall–Kier alpha value is -2.75. The van der Waals surface area contributed by atoms with Gasteiger partial charge in [0.2, 0.25) is 15.9 Å². The molecule has 0 radical (unpaired) electrons. The van der Waals surface area contributed by atoms with Crippen LogP contribution < -0.4 is 10.0 Å². The maximum Gasteiger partial charge on any atom is 0.254 e. The second-order valence-electron chi connectivity index (χ2n) is 7.99. The number of nitrogens with zero attached hydrogens (tertiary/aromatic N) is 1. The van der Waals surface area contributed by atoms with E-state index in [1.54, 1.807) is 0 Å². The van der Waals surface area contributed by atoms with Crippen LogP contribution in [-0.4, -0.2) is 58.0 Å². The minimum atomic E-state index is -3.78. The highest BCUT2D eigenvalue weighted by Crippen LogP contribution is 2.19. The highest BCUT2D eigenvalue weighted by molar-refractivity contribution is 7.89. The first-order valence-electron chi connectivity index (χ1n) is 10.5. The fraction of sp³-hybridized carbons (Fsp3) is 0.391. The summed E-state index contributed by atoms with van der Waals surface area (Å²) in [5.74, 6) is -0.780. The summed E-state index contributed by atoms with van der Waals surface area (Å²) in [5, 5.41) is 2.84. The first kappa shape index (κ1) is 23.9. The Labute approximate surface area is 189 Å². The topological polar surface area (TPSA) is 105 Å². The van der Waals surface area contributed by atoms with Gasteiger partial charge in [-0.2, -0.15) is 0 Å². The molecule has 8 nitrogen and oxygen atoms in total. The number of hydrogen-bond donors (Lipinski definition) is 2. The molecular formula is C23H29N3O5S. The smallest absolute Gasteiger partial charge is 0.254 e. The van der Waals surface area contributed by atoms with Gasteiger partial charge in [-0.1, -0.05) is 24.3 Å². The molecule has 3 rings (SSSR count). The second-order valence-corrected chi connectivity index (χ2v) is 9.76. The fourth-order valence-corrected chi connectivity index (χ4v) is 4.70. The predicted molar refractivity (Wildman–Crippen MR) is 122 cm³/mol. The molecule has 1 heterocycles. The van der Waals surface area contributed by atoms with Gasteiger partial charge < -0.3 is 15.0 Å². The van der Waals surface area contributed by atoms with Crippen LogP contribution in [0.3, 0.4) is 0 Å². The molecular weight excluding hydrogens is 430 g/mol. The van der Waals surface area contributed by atoms with E-state index in [1.165, 1.54) is 36.2 Å². The van der Waals surface area contributed by atoms with Crippen LogP contribution in [0.5, 0.6) is 0 Å². The average Bonchev–Trinajstić information content (AvgIpc) is 3.28. The molecule has 9 heteroatoms. The summed E-state index contributed by atoms with van der Waals surface area (Å²) in [6.07, 6.45) is 1.60. The lowest BCUT2D eigenvalue weighted by atomic mass is 10.1. The van der Waals surface area contributed by atoms with Crippen LogP contribution in [0.25, 0.3) is 0 Å². The Kier molecular flexibility index (Phi) is 7.65. The van der Waals surface area contributed by atoms with E-state index in [0.717, 1.165) is 29.7 Å². The fourth-order valence-electron chi connectivity index (χ4n) is 3.59. The van der Waals surface area contributed by atoms with Crippen LogP contribution in [0.2, 0.25) is 0 Å². The number of para-hydroxylation sites is 1. The van der Waals surface area contributed by atoms with Crippen molar-refractivity contribution in [3.8, 4) is 0 Å². The zero-order valence-electron chi connectivity index (χ0n) is 18.6. The van der Waals surface area contributed by atoms with Crippen molar-refractivity contribution in [2.75, 3.05) is 32.1 Å². The molecule has 1 aliphatic heterocycles. The van der Waals surface area contributed by atoms with Crippen LogP contribution in [0.4, 0.5) is 5.69 Å². The van der Waals surface area contributed by atoms with E-state index in [4.69, 9.17) is 4.74 Å². The lowest BCUT2D eigenvalue weighted by Gasteiger charge is -2.18. The molecule has 0 saturated carbocycles. The van der Waals surface area contributed by atoms with Crippen molar-refractivity contribution in [1.82, 2.24) is 9.62 Å². The molecule has 2 N–H and O–H groups in total. The SMILES string of the molecule is Cc1cccc(C)c1NC(=O)CN(C)C(=O)c1cccc(S(=O)(=O)NCC2CCCO2)c1. The summed E-state index contributed by atoms with van der Waals surface area (Å²) in [4.78, 5) is 26.6. The first-order valence-corrected chi connectivity index (χ1v) is 12.0. The number of likely N-dealkylation sites (N-methyl/N-ethyl adjacent to an activating group) is 1. The van der Waals surface area contributed by atoms with Crippen LogP contribution in [0.15, 0.2) is 47.4 Å².